The van der Waals surface area contributed by atoms with Gasteiger partial charge in [0.05, 0.1) is 0 Å². The summed E-state index contributed by atoms with van der Waals surface area (Å²) in [6, 6.07) is 0. The summed E-state index contributed by atoms with van der Waals surface area (Å²) in [5, 5.41) is 7.98. The number of alkyl halides is 3. The lowest BCUT2D eigenvalue weighted by Gasteiger charge is -2.15. The van der Waals surface area contributed by atoms with Crippen LogP contribution in [0.15, 0.2) is 0 Å². The van der Waals surface area contributed by atoms with Crippen LogP contribution in [0.1, 0.15) is 6.92 Å². The number of carboxylic acids is 1. The third kappa shape index (κ3) is 2.14. The smallest absolute Gasteiger partial charge is 0.348 e. The zero-order valence-corrected chi connectivity index (χ0v) is 6.29. The molecule has 1 unspecified atom stereocenters. The van der Waals surface area contributed by atoms with E-state index in [1.165, 1.54) is 0 Å². The Morgan fingerprint density at radius 3 is 2.09 bits per heavy atom. The molecule has 0 saturated heterocycles. The summed E-state index contributed by atoms with van der Waals surface area (Å²) in [6.07, 6.45) is -2.58. The van der Waals surface area contributed by atoms with E-state index in [1.54, 1.807) is 0 Å². The van der Waals surface area contributed by atoms with E-state index in [2.05, 4.69) is 12.2 Å². The van der Waals surface area contributed by atoms with Crippen LogP contribution in [0.3, 0.4) is 0 Å². The van der Waals surface area contributed by atoms with Gasteiger partial charge in [-0.3, -0.25) is 0 Å². The van der Waals surface area contributed by atoms with Gasteiger partial charge in [0.2, 0.25) is 0 Å². The monoisotopic (exact) mass is 186 g/mol. The van der Waals surface area contributed by atoms with Crippen molar-refractivity contribution in [3.63, 3.8) is 0 Å². The summed E-state index contributed by atoms with van der Waals surface area (Å²) >= 11 is 3.80. The van der Waals surface area contributed by atoms with E-state index < -0.39 is 22.9 Å². The summed E-state index contributed by atoms with van der Waals surface area (Å²) in [4.78, 5) is 8.27. The highest BCUT2D eigenvalue weighted by Crippen LogP contribution is 2.23. The molecule has 0 saturated carbocycles. The standard InChI is InChI=1S/C5H5F3O2S/c1-2(6)5(7,8)3(11)4(9)10/h2H,1H3,(H,9,10). The lowest BCUT2D eigenvalue weighted by Crippen LogP contribution is -2.40. The number of rotatable bonds is 3. The first-order valence-electron chi connectivity index (χ1n) is 2.59. The molecule has 1 atom stereocenters. The second kappa shape index (κ2) is 3.17. The van der Waals surface area contributed by atoms with E-state index in [4.69, 9.17) is 5.11 Å². The van der Waals surface area contributed by atoms with Crippen molar-refractivity contribution in [3.05, 3.63) is 0 Å². The summed E-state index contributed by atoms with van der Waals surface area (Å²) in [7, 11) is 0. The zero-order valence-electron chi connectivity index (χ0n) is 5.47. The Morgan fingerprint density at radius 1 is 1.64 bits per heavy atom. The molecule has 0 aliphatic heterocycles. The van der Waals surface area contributed by atoms with Gasteiger partial charge in [-0.25, -0.2) is 9.18 Å². The molecule has 0 radical (unpaired) electrons. The highest BCUT2D eigenvalue weighted by atomic mass is 32.1. The molecular weight excluding hydrogens is 181 g/mol. The van der Waals surface area contributed by atoms with Crippen LogP contribution >= 0.6 is 12.2 Å². The zero-order chi connectivity index (χ0) is 9.23. The van der Waals surface area contributed by atoms with Gasteiger partial charge in [-0.2, -0.15) is 8.78 Å². The maximum Gasteiger partial charge on any atom is 0.348 e. The van der Waals surface area contributed by atoms with Gasteiger partial charge >= 0.3 is 11.9 Å². The molecule has 6 heteroatoms. The topological polar surface area (TPSA) is 37.3 Å². The van der Waals surface area contributed by atoms with Crippen molar-refractivity contribution < 1.29 is 23.1 Å². The number of hydrogen-bond acceptors (Lipinski definition) is 2. The average molecular weight is 186 g/mol. The fraction of sp³-hybridized carbons (Fsp3) is 0.600. The van der Waals surface area contributed by atoms with Crippen molar-refractivity contribution in [2.24, 2.45) is 0 Å². The van der Waals surface area contributed by atoms with E-state index in [0.717, 1.165) is 0 Å². The van der Waals surface area contributed by atoms with Gasteiger partial charge < -0.3 is 5.11 Å². The Morgan fingerprint density at radius 2 is 2.00 bits per heavy atom. The summed E-state index contributed by atoms with van der Waals surface area (Å²) < 4.78 is 36.6. The molecule has 0 spiro atoms. The number of thiocarbonyl (C=S) groups is 1. The van der Waals surface area contributed by atoms with Gasteiger partial charge in [0, 0.05) is 0 Å². The van der Waals surface area contributed by atoms with E-state index in [-0.39, 0.29) is 0 Å². The van der Waals surface area contributed by atoms with Crippen LogP contribution in [0.5, 0.6) is 0 Å². The van der Waals surface area contributed by atoms with Gasteiger partial charge in [0.1, 0.15) is 0 Å². The van der Waals surface area contributed by atoms with Crippen molar-refractivity contribution in [1.82, 2.24) is 0 Å². The van der Waals surface area contributed by atoms with Crippen molar-refractivity contribution in [2.45, 2.75) is 19.0 Å². The predicted molar refractivity (Wildman–Crippen MR) is 35.8 cm³/mol. The van der Waals surface area contributed by atoms with Crippen LogP contribution in [0.2, 0.25) is 0 Å². The lowest BCUT2D eigenvalue weighted by atomic mass is 10.1. The van der Waals surface area contributed by atoms with Crippen molar-refractivity contribution in [2.75, 3.05) is 0 Å². The first-order valence-corrected chi connectivity index (χ1v) is 3.00. The first kappa shape index (κ1) is 10.3. The van der Waals surface area contributed by atoms with Gasteiger partial charge in [-0.15, -0.1) is 0 Å². The van der Waals surface area contributed by atoms with E-state index in [9.17, 15) is 18.0 Å². The van der Waals surface area contributed by atoms with Gasteiger partial charge in [-0.05, 0) is 6.92 Å². The van der Waals surface area contributed by atoms with Gasteiger partial charge in [0.15, 0.2) is 11.0 Å². The number of hydrogen-bond donors (Lipinski definition) is 1. The predicted octanol–water partition coefficient (Wildman–Crippen LogP) is 1.43. The van der Waals surface area contributed by atoms with Crippen LogP contribution in [-0.2, 0) is 4.79 Å². The molecular formula is C5H5F3O2S. The Bertz CT molecular complexity index is 190. The molecule has 0 heterocycles. The number of halogens is 3. The molecule has 0 bridgehead atoms. The minimum absolute atomic E-state index is 0.551. The molecule has 0 aliphatic carbocycles. The van der Waals surface area contributed by atoms with Gasteiger partial charge in [-0.1, -0.05) is 12.2 Å². The minimum atomic E-state index is -4.05. The van der Waals surface area contributed by atoms with Crippen molar-refractivity contribution in [3.8, 4) is 0 Å². The molecule has 2 nitrogen and oxygen atoms in total. The molecule has 0 aromatic carbocycles. The Hall–Kier alpha value is -0.650. The van der Waals surface area contributed by atoms with Crippen LogP contribution in [-0.4, -0.2) is 28.0 Å². The number of carbonyl (C=O) groups is 1. The highest BCUT2D eigenvalue weighted by Gasteiger charge is 2.45. The second-order valence-corrected chi connectivity index (χ2v) is 2.28. The van der Waals surface area contributed by atoms with Gasteiger partial charge in [0.25, 0.3) is 0 Å². The molecule has 1 N–H and O–H groups in total. The largest absolute Gasteiger partial charge is 0.477 e. The van der Waals surface area contributed by atoms with Crippen molar-refractivity contribution in [1.29, 1.82) is 0 Å². The molecule has 0 amide bonds. The molecule has 0 fully saturated rings. The number of carboxylic acid groups (broad SMARTS) is 1. The fourth-order valence-corrected chi connectivity index (χ4v) is 0.486. The van der Waals surface area contributed by atoms with E-state index in [0.29, 0.717) is 6.92 Å². The minimum Gasteiger partial charge on any atom is -0.477 e. The molecule has 0 aliphatic rings. The summed E-state index contributed by atoms with van der Waals surface area (Å²) in [6.45, 7) is 0.551. The highest BCUT2D eigenvalue weighted by molar-refractivity contribution is 7.82. The van der Waals surface area contributed by atoms with E-state index >= 15 is 0 Å². The fourth-order valence-electron chi connectivity index (χ4n) is 0.323. The second-order valence-electron chi connectivity index (χ2n) is 1.87. The molecule has 0 aromatic heterocycles. The maximum absolute atomic E-state index is 12.3. The van der Waals surface area contributed by atoms with E-state index in [1.807, 2.05) is 0 Å². The third-order valence-corrected chi connectivity index (χ3v) is 1.44. The lowest BCUT2D eigenvalue weighted by molar-refractivity contribution is -0.131. The quantitative estimate of drug-likeness (QED) is 0.677. The third-order valence-electron chi connectivity index (χ3n) is 0.997. The Labute approximate surface area is 66.0 Å². The van der Waals surface area contributed by atoms with Crippen LogP contribution in [0, 0.1) is 0 Å². The Balaban J connectivity index is 4.56. The summed E-state index contributed by atoms with van der Waals surface area (Å²) in [5.41, 5.74) is 0. The number of aliphatic carboxylic acids is 1. The molecule has 64 valence electrons. The van der Waals surface area contributed by atoms with Crippen LogP contribution in [0.25, 0.3) is 0 Å². The maximum atomic E-state index is 12.3. The first-order chi connectivity index (χ1) is 4.80. The Kier molecular flexibility index (Phi) is 2.98. The normalized spacial score (nSPS) is 14.2. The molecule has 0 aromatic rings. The molecule has 11 heavy (non-hydrogen) atoms. The average Bonchev–Trinajstić information content (AvgIpc) is 1.85. The van der Waals surface area contributed by atoms with Crippen molar-refractivity contribution >= 4 is 23.1 Å². The van der Waals surface area contributed by atoms with Crippen LogP contribution < -0.4 is 0 Å². The summed E-state index contributed by atoms with van der Waals surface area (Å²) in [5.74, 6) is -6.02. The van der Waals surface area contributed by atoms with Crippen LogP contribution in [0.4, 0.5) is 13.2 Å². The molecule has 0 rings (SSSR count). The SMILES string of the molecule is CC(F)C(F)(F)C(=S)C(=O)O.